The van der Waals surface area contributed by atoms with E-state index in [0.29, 0.717) is 12.6 Å². The summed E-state index contributed by atoms with van der Waals surface area (Å²) in [4.78, 5) is 2.43. The van der Waals surface area contributed by atoms with Crippen molar-refractivity contribution in [2.24, 2.45) is 5.73 Å². The summed E-state index contributed by atoms with van der Waals surface area (Å²) in [5.74, 6) is 0.869. The van der Waals surface area contributed by atoms with Gasteiger partial charge in [-0.15, -0.1) is 0 Å². The Balaban J connectivity index is 3.10. The van der Waals surface area contributed by atoms with Crippen LogP contribution >= 0.6 is 0 Å². The van der Waals surface area contributed by atoms with Crippen LogP contribution in [-0.2, 0) is 4.74 Å². The van der Waals surface area contributed by atoms with Crippen LogP contribution in [0.3, 0.4) is 0 Å². The zero-order valence-corrected chi connectivity index (χ0v) is 14.0. The molecule has 4 nitrogen and oxygen atoms in total. The molecule has 0 saturated heterocycles. The van der Waals surface area contributed by atoms with Gasteiger partial charge in [0.05, 0.1) is 19.8 Å². The van der Waals surface area contributed by atoms with E-state index in [1.54, 1.807) is 14.2 Å². The summed E-state index contributed by atoms with van der Waals surface area (Å²) in [6.07, 6.45) is 1.08. The fourth-order valence-electron chi connectivity index (χ4n) is 2.69. The van der Waals surface area contributed by atoms with Crippen LogP contribution in [-0.4, -0.2) is 44.4 Å². The van der Waals surface area contributed by atoms with Crippen LogP contribution in [0.25, 0.3) is 0 Å². The average molecular weight is 294 g/mol. The lowest BCUT2D eigenvalue weighted by atomic mass is 9.97. The van der Waals surface area contributed by atoms with Crippen LogP contribution in [0.4, 0.5) is 0 Å². The van der Waals surface area contributed by atoms with E-state index in [2.05, 4.69) is 37.8 Å². The maximum Gasteiger partial charge on any atom is 0.119 e. The Morgan fingerprint density at radius 1 is 1.24 bits per heavy atom. The molecular weight excluding hydrogens is 264 g/mol. The van der Waals surface area contributed by atoms with E-state index in [9.17, 15) is 0 Å². The molecule has 0 saturated carbocycles. The molecule has 1 rings (SSSR count). The molecule has 1 aromatic rings. The van der Waals surface area contributed by atoms with E-state index in [0.717, 1.165) is 18.7 Å². The van der Waals surface area contributed by atoms with Crippen molar-refractivity contribution >= 4 is 0 Å². The number of hydrogen-bond donors (Lipinski definition) is 1. The highest BCUT2D eigenvalue weighted by molar-refractivity contribution is 5.31. The minimum atomic E-state index is 0.0305. The molecule has 21 heavy (non-hydrogen) atoms. The third-order valence-electron chi connectivity index (χ3n) is 4.00. The van der Waals surface area contributed by atoms with Gasteiger partial charge in [-0.3, -0.25) is 4.90 Å². The number of nitrogens with zero attached hydrogens (tertiary/aromatic N) is 1. The Labute approximate surface area is 129 Å². The normalized spacial score (nSPS) is 15.8. The van der Waals surface area contributed by atoms with Gasteiger partial charge in [0.1, 0.15) is 5.75 Å². The molecule has 0 aliphatic heterocycles. The van der Waals surface area contributed by atoms with Crippen molar-refractivity contribution in [2.45, 2.75) is 45.3 Å². The Hall–Kier alpha value is -1.10. The van der Waals surface area contributed by atoms with Crippen LogP contribution in [0.5, 0.6) is 5.75 Å². The Kier molecular flexibility index (Phi) is 7.72. The zero-order chi connectivity index (χ0) is 15.8. The maximum absolute atomic E-state index is 6.30. The number of rotatable bonds is 9. The fraction of sp³-hybridized carbons (Fsp3) is 0.647. The van der Waals surface area contributed by atoms with Gasteiger partial charge in [-0.1, -0.05) is 19.1 Å². The minimum absolute atomic E-state index is 0.0305. The van der Waals surface area contributed by atoms with Crippen LogP contribution in [0.2, 0.25) is 0 Å². The van der Waals surface area contributed by atoms with Gasteiger partial charge in [0.15, 0.2) is 0 Å². The Morgan fingerprint density at radius 2 is 1.95 bits per heavy atom. The van der Waals surface area contributed by atoms with Gasteiger partial charge in [0.2, 0.25) is 0 Å². The molecule has 2 N–H and O–H groups in total. The van der Waals surface area contributed by atoms with Gasteiger partial charge in [-0.2, -0.15) is 0 Å². The number of methoxy groups -OCH3 is 2. The van der Waals surface area contributed by atoms with Crippen LogP contribution in [0.15, 0.2) is 24.3 Å². The highest BCUT2D eigenvalue weighted by Gasteiger charge is 2.27. The van der Waals surface area contributed by atoms with Crippen molar-refractivity contribution in [3.8, 4) is 5.75 Å². The number of hydrogen-bond acceptors (Lipinski definition) is 4. The molecule has 0 radical (unpaired) electrons. The molecule has 3 unspecified atom stereocenters. The summed E-state index contributed by atoms with van der Waals surface area (Å²) in [6, 6.07) is 8.82. The zero-order valence-electron chi connectivity index (χ0n) is 14.0. The third kappa shape index (κ3) is 4.99. The standard InChI is InChI=1S/C17H30N2O2/c1-6-13(2)19(10-11-20-4)17(14(3)18)15-8-7-9-16(12-15)21-5/h7-9,12-14,17H,6,10-11,18H2,1-5H3. The maximum atomic E-state index is 6.30. The van der Waals surface area contributed by atoms with Crippen LogP contribution in [0, 0.1) is 0 Å². The summed E-state index contributed by atoms with van der Waals surface area (Å²) in [5, 5.41) is 0. The molecule has 120 valence electrons. The lowest BCUT2D eigenvalue weighted by Gasteiger charge is -2.38. The fourth-order valence-corrected chi connectivity index (χ4v) is 2.69. The van der Waals surface area contributed by atoms with Crippen molar-refractivity contribution < 1.29 is 9.47 Å². The monoisotopic (exact) mass is 294 g/mol. The molecule has 0 aliphatic rings. The predicted octanol–water partition coefficient (Wildman–Crippen LogP) is 2.83. The van der Waals surface area contributed by atoms with E-state index in [1.807, 2.05) is 12.1 Å². The molecule has 0 spiro atoms. The highest BCUT2D eigenvalue weighted by Crippen LogP contribution is 2.28. The van der Waals surface area contributed by atoms with E-state index < -0.39 is 0 Å². The lowest BCUT2D eigenvalue weighted by molar-refractivity contribution is 0.0786. The number of benzene rings is 1. The summed E-state index contributed by atoms with van der Waals surface area (Å²) < 4.78 is 10.6. The van der Waals surface area contributed by atoms with Crippen molar-refractivity contribution in [3.63, 3.8) is 0 Å². The molecule has 0 heterocycles. The highest BCUT2D eigenvalue weighted by atomic mass is 16.5. The molecule has 0 aromatic heterocycles. The van der Waals surface area contributed by atoms with Gasteiger partial charge < -0.3 is 15.2 Å². The second kappa shape index (κ2) is 9.03. The SMILES string of the molecule is CCC(C)N(CCOC)C(c1cccc(OC)c1)C(C)N. The Morgan fingerprint density at radius 3 is 2.48 bits per heavy atom. The molecular formula is C17H30N2O2. The summed E-state index contributed by atoms with van der Waals surface area (Å²) >= 11 is 0. The van der Waals surface area contributed by atoms with Gasteiger partial charge >= 0.3 is 0 Å². The molecule has 0 amide bonds. The minimum Gasteiger partial charge on any atom is -0.497 e. The van der Waals surface area contributed by atoms with Crippen molar-refractivity contribution in [2.75, 3.05) is 27.4 Å². The molecule has 0 aliphatic carbocycles. The van der Waals surface area contributed by atoms with E-state index >= 15 is 0 Å². The largest absolute Gasteiger partial charge is 0.497 e. The van der Waals surface area contributed by atoms with E-state index in [4.69, 9.17) is 15.2 Å². The smallest absolute Gasteiger partial charge is 0.119 e. The average Bonchev–Trinajstić information content (AvgIpc) is 2.50. The molecule has 4 heteroatoms. The molecule has 1 aromatic carbocycles. The van der Waals surface area contributed by atoms with Crippen LogP contribution in [0.1, 0.15) is 38.8 Å². The number of nitrogens with two attached hydrogens (primary N) is 1. The predicted molar refractivity (Wildman–Crippen MR) is 87.7 cm³/mol. The molecule has 0 fully saturated rings. The van der Waals surface area contributed by atoms with Gasteiger partial charge in [-0.05, 0) is 38.0 Å². The second-order valence-electron chi connectivity index (χ2n) is 5.57. The first-order valence-electron chi connectivity index (χ1n) is 7.69. The summed E-state index contributed by atoms with van der Waals surface area (Å²) in [7, 11) is 3.43. The van der Waals surface area contributed by atoms with Crippen LogP contribution < -0.4 is 10.5 Å². The topological polar surface area (TPSA) is 47.7 Å². The Bertz CT molecular complexity index is 410. The quantitative estimate of drug-likeness (QED) is 0.761. The van der Waals surface area contributed by atoms with Crippen molar-refractivity contribution in [1.29, 1.82) is 0 Å². The second-order valence-corrected chi connectivity index (χ2v) is 5.57. The van der Waals surface area contributed by atoms with Gasteiger partial charge in [-0.25, -0.2) is 0 Å². The number of ether oxygens (including phenoxy) is 2. The van der Waals surface area contributed by atoms with E-state index in [1.165, 1.54) is 5.56 Å². The van der Waals surface area contributed by atoms with Crippen molar-refractivity contribution in [1.82, 2.24) is 4.90 Å². The first-order chi connectivity index (χ1) is 10.0. The summed E-state index contributed by atoms with van der Waals surface area (Å²) in [6.45, 7) is 8.08. The molecule has 0 bridgehead atoms. The molecule has 3 atom stereocenters. The van der Waals surface area contributed by atoms with Gasteiger partial charge in [0, 0.05) is 25.7 Å². The third-order valence-corrected chi connectivity index (χ3v) is 4.00. The first kappa shape index (κ1) is 18.0. The van der Waals surface area contributed by atoms with E-state index in [-0.39, 0.29) is 12.1 Å². The lowest BCUT2D eigenvalue weighted by Crippen LogP contribution is -2.45. The first-order valence-corrected chi connectivity index (χ1v) is 7.69. The van der Waals surface area contributed by atoms with Gasteiger partial charge in [0.25, 0.3) is 0 Å². The van der Waals surface area contributed by atoms with Crippen molar-refractivity contribution in [3.05, 3.63) is 29.8 Å². The summed E-state index contributed by atoms with van der Waals surface area (Å²) in [5.41, 5.74) is 7.50.